The molecule has 1 aromatic carbocycles. The zero-order chi connectivity index (χ0) is 12.8. The Morgan fingerprint density at radius 3 is 2.83 bits per heavy atom. The zero-order valence-electron chi connectivity index (χ0n) is 10.4. The van der Waals surface area contributed by atoms with Crippen molar-refractivity contribution in [2.45, 2.75) is 25.3 Å². The van der Waals surface area contributed by atoms with E-state index in [-0.39, 0.29) is 5.92 Å². The number of hydrogen-bond acceptors (Lipinski definition) is 5. The molecule has 94 valence electrons. The Morgan fingerprint density at radius 2 is 2.11 bits per heavy atom. The molecule has 2 heterocycles. The highest BCUT2D eigenvalue weighted by atomic mass is 16.5. The van der Waals surface area contributed by atoms with Crippen LogP contribution in [0.3, 0.4) is 0 Å². The van der Waals surface area contributed by atoms with E-state index in [9.17, 15) is 0 Å². The van der Waals surface area contributed by atoms with Crippen LogP contribution >= 0.6 is 0 Å². The average Bonchev–Trinajstić information content (AvgIpc) is 2.94. The van der Waals surface area contributed by atoms with Crippen LogP contribution in [-0.4, -0.2) is 16.7 Å². The summed E-state index contributed by atoms with van der Waals surface area (Å²) in [5.41, 5.74) is 6.44. The third kappa shape index (κ3) is 1.76. The average molecular weight is 245 g/mol. The minimum atomic E-state index is -0.596. The Morgan fingerprint density at radius 1 is 1.33 bits per heavy atom. The fourth-order valence-electron chi connectivity index (χ4n) is 2.01. The molecule has 1 aliphatic rings. The monoisotopic (exact) mass is 245 g/mol. The van der Waals surface area contributed by atoms with Crippen molar-refractivity contribution in [2.75, 3.05) is 6.61 Å². The highest BCUT2D eigenvalue weighted by Gasteiger charge is 2.31. The van der Waals surface area contributed by atoms with Gasteiger partial charge in [0, 0.05) is 5.56 Å². The van der Waals surface area contributed by atoms with E-state index in [4.69, 9.17) is 15.0 Å². The van der Waals surface area contributed by atoms with Crippen LogP contribution in [0.15, 0.2) is 28.8 Å². The van der Waals surface area contributed by atoms with Gasteiger partial charge in [0.2, 0.25) is 5.89 Å². The van der Waals surface area contributed by atoms with Crippen molar-refractivity contribution >= 4 is 0 Å². The van der Waals surface area contributed by atoms with Crippen molar-refractivity contribution in [3.05, 3.63) is 41.5 Å². The van der Waals surface area contributed by atoms with Gasteiger partial charge in [-0.1, -0.05) is 23.4 Å². The van der Waals surface area contributed by atoms with Crippen molar-refractivity contribution in [1.29, 1.82) is 0 Å². The number of hydrogen-bond donors (Lipinski definition) is 1. The van der Waals surface area contributed by atoms with Gasteiger partial charge in [-0.2, -0.15) is 4.98 Å². The van der Waals surface area contributed by atoms with E-state index < -0.39 is 5.54 Å². The second-order valence-corrected chi connectivity index (χ2v) is 5.08. The molecule has 1 aromatic heterocycles. The van der Waals surface area contributed by atoms with Crippen molar-refractivity contribution in [2.24, 2.45) is 5.73 Å². The molecule has 18 heavy (non-hydrogen) atoms. The Kier molecular flexibility index (Phi) is 2.38. The van der Waals surface area contributed by atoms with Gasteiger partial charge in [0.25, 0.3) is 0 Å². The molecule has 0 bridgehead atoms. The van der Waals surface area contributed by atoms with E-state index >= 15 is 0 Å². The molecule has 2 N–H and O–H groups in total. The molecular weight excluding hydrogens is 230 g/mol. The van der Waals surface area contributed by atoms with Crippen LogP contribution in [0.1, 0.15) is 37.0 Å². The number of aromatic nitrogens is 2. The third-order valence-electron chi connectivity index (χ3n) is 3.02. The Labute approximate surface area is 105 Å². The fourth-order valence-corrected chi connectivity index (χ4v) is 2.01. The molecule has 0 saturated heterocycles. The largest absolute Gasteiger partial charge is 0.492 e. The van der Waals surface area contributed by atoms with Gasteiger partial charge < -0.3 is 15.0 Å². The molecule has 1 unspecified atom stereocenters. The zero-order valence-corrected chi connectivity index (χ0v) is 10.4. The lowest BCUT2D eigenvalue weighted by Crippen LogP contribution is -2.30. The second kappa shape index (κ2) is 3.81. The summed E-state index contributed by atoms with van der Waals surface area (Å²) in [5.74, 6) is 1.97. The summed E-state index contributed by atoms with van der Waals surface area (Å²) < 4.78 is 10.9. The van der Waals surface area contributed by atoms with Gasteiger partial charge in [0.1, 0.15) is 18.3 Å². The van der Waals surface area contributed by atoms with E-state index in [0.29, 0.717) is 18.3 Å². The van der Waals surface area contributed by atoms with Crippen LogP contribution in [0, 0.1) is 0 Å². The third-order valence-corrected chi connectivity index (χ3v) is 3.02. The molecule has 5 nitrogen and oxygen atoms in total. The lowest BCUT2D eigenvalue weighted by Gasteiger charge is -2.11. The summed E-state index contributed by atoms with van der Waals surface area (Å²) in [5, 5.41) is 3.94. The summed E-state index contributed by atoms with van der Waals surface area (Å²) in [7, 11) is 0. The number of benzene rings is 1. The maximum Gasteiger partial charge on any atom is 0.237 e. The van der Waals surface area contributed by atoms with Gasteiger partial charge in [-0.05, 0) is 19.9 Å². The van der Waals surface area contributed by atoms with Crippen LogP contribution in [0.2, 0.25) is 0 Å². The molecule has 1 aliphatic heterocycles. The molecule has 5 heteroatoms. The molecule has 1 atom stereocenters. The van der Waals surface area contributed by atoms with Crippen LogP contribution in [-0.2, 0) is 5.54 Å². The number of fused-ring (bicyclic) bond motifs is 1. The fraction of sp³-hybridized carbons (Fsp3) is 0.385. The normalized spacial score (nSPS) is 18.5. The maximum absolute atomic E-state index is 5.95. The minimum absolute atomic E-state index is 0.00444. The van der Waals surface area contributed by atoms with E-state index in [1.165, 1.54) is 0 Å². The van der Waals surface area contributed by atoms with E-state index in [0.717, 1.165) is 11.3 Å². The first kappa shape index (κ1) is 11.2. The highest BCUT2D eigenvalue weighted by Crippen LogP contribution is 2.37. The van der Waals surface area contributed by atoms with Crippen LogP contribution in [0.25, 0.3) is 0 Å². The molecule has 0 aliphatic carbocycles. The first-order valence-electron chi connectivity index (χ1n) is 5.90. The maximum atomic E-state index is 5.95. The molecular formula is C13H15N3O2. The Bertz CT molecular complexity index is 572. The van der Waals surface area contributed by atoms with Crippen LogP contribution in [0.4, 0.5) is 0 Å². The lowest BCUT2D eigenvalue weighted by molar-refractivity contribution is 0.302. The molecule has 0 saturated carbocycles. The number of rotatable bonds is 2. The predicted octanol–water partition coefficient (Wildman–Crippen LogP) is 1.79. The van der Waals surface area contributed by atoms with Gasteiger partial charge in [0.15, 0.2) is 5.82 Å². The predicted molar refractivity (Wildman–Crippen MR) is 65.3 cm³/mol. The quantitative estimate of drug-likeness (QED) is 0.873. The van der Waals surface area contributed by atoms with Crippen molar-refractivity contribution < 1.29 is 9.26 Å². The summed E-state index contributed by atoms with van der Waals surface area (Å²) in [4.78, 5) is 4.38. The standard InChI is InChI=1S/C13H15N3O2/c1-13(2,14)12-15-11(18-16-12)9-7-17-10-6-4-3-5-8(9)10/h3-6,9H,7,14H2,1-2H3. The number of nitrogens with two attached hydrogens (primary N) is 1. The molecule has 0 radical (unpaired) electrons. The van der Waals surface area contributed by atoms with E-state index in [1.54, 1.807) is 0 Å². The SMILES string of the molecule is CC(C)(N)c1noc(C2COc3ccccc32)n1. The van der Waals surface area contributed by atoms with Gasteiger partial charge in [0.05, 0.1) is 5.54 Å². The Balaban J connectivity index is 1.96. The lowest BCUT2D eigenvalue weighted by atomic mass is 10.0. The highest BCUT2D eigenvalue weighted by molar-refractivity contribution is 5.42. The van der Waals surface area contributed by atoms with Gasteiger partial charge in [-0.25, -0.2) is 0 Å². The number of nitrogens with zero attached hydrogens (tertiary/aromatic N) is 2. The second-order valence-electron chi connectivity index (χ2n) is 5.08. The van der Waals surface area contributed by atoms with Gasteiger partial charge in [-0.3, -0.25) is 0 Å². The number of ether oxygens (including phenoxy) is 1. The topological polar surface area (TPSA) is 74.2 Å². The summed E-state index contributed by atoms with van der Waals surface area (Å²) in [6, 6.07) is 7.89. The first-order chi connectivity index (χ1) is 8.55. The number of para-hydroxylation sites is 1. The van der Waals surface area contributed by atoms with E-state index in [1.807, 2.05) is 38.1 Å². The van der Waals surface area contributed by atoms with Crippen molar-refractivity contribution in [3.63, 3.8) is 0 Å². The van der Waals surface area contributed by atoms with Crippen molar-refractivity contribution in [1.82, 2.24) is 10.1 Å². The van der Waals surface area contributed by atoms with Crippen molar-refractivity contribution in [3.8, 4) is 5.75 Å². The Hall–Kier alpha value is -1.88. The van der Waals surface area contributed by atoms with Gasteiger partial charge >= 0.3 is 0 Å². The molecule has 2 aromatic rings. The smallest absolute Gasteiger partial charge is 0.237 e. The summed E-state index contributed by atoms with van der Waals surface area (Å²) in [6.45, 7) is 4.23. The molecule has 0 spiro atoms. The minimum Gasteiger partial charge on any atom is -0.492 e. The van der Waals surface area contributed by atoms with Gasteiger partial charge in [-0.15, -0.1) is 0 Å². The molecule has 0 amide bonds. The molecule has 3 rings (SSSR count). The first-order valence-corrected chi connectivity index (χ1v) is 5.90. The summed E-state index contributed by atoms with van der Waals surface area (Å²) >= 11 is 0. The van der Waals surface area contributed by atoms with Crippen LogP contribution in [0.5, 0.6) is 5.75 Å². The molecule has 0 fully saturated rings. The summed E-state index contributed by atoms with van der Waals surface area (Å²) in [6.07, 6.45) is 0. The van der Waals surface area contributed by atoms with Crippen LogP contribution < -0.4 is 10.5 Å². The van der Waals surface area contributed by atoms with E-state index in [2.05, 4.69) is 10.1 Å².